The van der Waals surface area contributed by atoms with E-state index in [9.17, 15) is 13.6 Å². The number of nitrogens with zero attached hydrogens (tertiary/aromatic N) is 2. The van der Waals surface area contributed by atoms with Crippen LogP contribution in [0.25, 0.3) is 10.8 Å². The Kier molecular flexibility index (Phi) is 5.41. The van der Waals surface area contributed by atoms with Crippen LogP contribution in [0.5, 0.6) is 5.88 Å². The molecule has 2 aromatic carbocycles. The van der Waals surface area contributed by atoms with Crippen LogP contribution in [-0.4, -0.2) is 29.9 Å². The minimum Gasteiger partial charge on any atom is -0.481 e. The Labute approximate surface area is 163 Å². The molecule has 0 saturated heterocycles. The molecule has 1 atom stereocenters. The zero-order chi connectivity index (χ0) is 19.7. The number of hydrogen-bond acceptors (Lipinski definition) is 3. The van der Waals surface area contributed by atoms with Crippen molar-refractivity contribution < 1.29 is 18.3 Å². The second kappa shape index (κ2) is 7.60. The molecule has 1 heterocycles. The van der Waals surface area contributed by atoms with Gasteiger partial charge in [-0.1, -0.05) is 15.9 Å². The van der Waals surface area contributed by atoms with E-state index in [0.29, 0.717) is 21.9 Å². The molecular formula is C20H17BrF2N2O2. The number of carbonyl (C=O) groups is 1. The quantitative estimate of drug-likeness (QED) is 0.572. The van der Waals surface area contributed by atoms with Crippen LogP contribution in [0.2, 0.25) is 0 Å². The van der Waals surface area contributed by atoms with Gasteiger partial charge in [0.2, 0.25) is 5.88 Å². The molecule has 140 valence electrons. The van der Waals surface area contributed by atoms with Gasteiger partial charge >= 0.3 is 0 Å². The van der Waals surface area contributed by atoms with E-state index in [2.05, 4.69) is 20.9 Å². The van der Waals surface area contributed by atoms with Crippen LogP contribution in [0, 0.1) is 11.6 Å². The minimum absolute atomic E-state index is 0.193. The number of fused-ring (bicyclic) bond motifs is 1. The fourth-order valence-corrected chi connectivity index (χ4v) is 3.17. The Hall–Kier alpha value is -2.54. The summed E-state index contributed by atoms with van der Waals surface area (Å²) >= 11 is 3.34. The Balaban J connectivity index is 2.04. The van der Waals surface area contributed by atoms with Gasteiger partial charge in [0.25, 0.3) is 5.91 Å². The third-order valence-electron chi connectivity index (χ3n) is 4.56. The number of halogens is 3. The summed E-state index contributed by atoms with van der Waals surface area (Å²) < 4.78 is 33.6. The molecule has 3 aromatic rings. The molecule has 0 fully saturated rings. The summed E-state index contributed by atoms with van der Waals surface area (Å²) in [5.41, 5.74) is 1.12. The molecule has 1 amide bonds. The number of pyridine rings is 1. The first-order chi connectivity index (χ1) is 12.8. The standard InChI is InChI=1S/C20H17BrF2N2O2/c1-11(25(2)20(26)12-4-6-13(21)7-5-12)16-10-24-19(27-3)15-9-18(23)17(22)8-14(15)16/h4-11H,1-3H3. The van der Waals surface area contributed by atoms with E-state index < -0.39 is 17.7 Å². The van der Waals surface area contributed by atoms with Crippen molar-refractivity contribution in [2.75, 3.05) is 14.2 Å². The largest absolute Gasteiger partial charge is 0.481 e. The maximum Gasteiger partial charge on any atom is 0.254 e. The molecule has 3 rings (SSSR count). The first-order valence-corrected chi connectivity index (χ1v) is 8.97. The summed E-state index contributed by atoms with van der Waals surface area (Å²) in [5, 5.41) is 0.800. The number of carbonyl (C=O) groups excluding carboxylic acids is 1. The highest BCUT2D eigenvalue weighted by Gasteiger charge is 2.23. The minimum atomic E-state index is -0.980. The van der Waals surface area contributed by atoms with E-state index in [0.717, 1.165) is 16.6 Å². The average molecular weight is 435 g/mol. The van der Waals surface area contributed by atoms with Gasteiger partial charge in [-0.15, -0.1) is 0 Å². The van der Waals surface area contributed by atoms with Crippen LogP contribution in [0.15, 0.2) is 47.1 Å². The molecule has 0 aliphatic heterocycles. The maximum atomic E-state index is 13.9. The monoisotopic (exact) mass is 434 g/mol. The van der Waals surface area contributed by atoms with Gasteiger partial charge in [-0.05, 0) is 48.7 Å². The van der Waals surface area contributed by atoms with Gasteiger partial charge in [0.1, 0.15) is 0 Å². The Morgan fingerprint density at radius 3 is 2.33 bits per heavy atom. The third kappa shape index (κ3) is 3.64. The fraction of sp³-hybridized carbons (Fsp3) is 0.200. The van der Waals surface area contributed by atoms with Gasteiger partial charge in [-0.2, -0.15) is 0 Å². The van der Waals surface area contributed by atoms with Gasteiger partial charge < -0.3 is 9.64 Å². The highest BCUT2D eigenvalue weighted by molar-refractivity contribution is 9.10. The summed E-state index contributed by atoms with van der Waals surface area (Å²) in [6.07, 6.45) is 1.52. The zero-order valence-corrected chi connectivity index (χ0v) is 16.5. The lowest BCUT2D eigenvalue weighted by atomic mass is 10.0. The van der Waals surface area contributed by atoms with Crippen molar-refractivity contribution >= 4 is 32.6 Å². The Morgan fingerprint density at radius 1 is 1.15 bits per heavy atom. The van der Waals surface area contributed by atoms with E-state index in [1.54, 1.807) is 38.2 Å². The van der Waals surface area contributed by atoms with Crippen LogP contribution in [0.3, 0.4) is 0 Å². The van der Waals surface area contributed by atoms with Gasteiger partial charge in [-0.25, -0.2) is 13.8 Å². The predicted molar refractivity (Wildman–Crippen MR) is 103 cm³/mol. The second-order valence-electron chi connectivity index (χ2n) is 6.13. The molecular weight excluding hydrogens is 418 g/mol. The molecule has 0 radical (unpaired) electrons. The summed E-state index contributed by atoms with van der Waals surface area (Å²) in [6.45, 7) is 1.81. The normalized spacial score (nSPS) is 12.1. The number of aromatic nitrogens is 1. The first-order valence-electron chi connectivity index (χ1n) is 8.18. The summed E-state index contributed by atoms with van der Waals surface area (Å²) in [5.74, 6) is -1.94. The van der Waals surface area contributed by atoms with Gasteiger partial charge in [-0.3, -0.25) is 4.79 Å². The molecule has 27 heavy (non-hydrogen) atoms. The number of ether oxygens (including phenoxy) is 1. The molecule has 4 nitrogen and oxygen atoms in total. The number of hydrogen-bond donors (Lipinski definition) is 0. The van der Waals surface area contributed by atoms with E-state index in [1.807, 2.05) is 0 Å². The molecule has 7 heteroatoms. The summed E-state index contributed by atoms with van der Waals surface area (Å²) in [7, 11) is 3.07. The number of amides is 1. The SMILES string of the molecule is COc1ncc(C(C)N(C)C(=O)c2ccc(Br)cc2)c2cc(F)c(F)cc12. The Morgan fingerprint density at radius 2 is 1.74 bits per heavy atom. The highest BCUT2D eigenvalue weighted by atomic mass is 79.9. The zero-order valence-electron chi connectivity index (χ0n) is 15.0. The van der Waals surface area contributed by atoms with Crippen molar-refractivity contribution in [2.24, 2.45) is 0 Å². The molecule has 0 saturated carbocycles. The molecule has 1 unspecified atom stereocenters. The van der Waals surface area contributed by atoms with Crippen LogP contribution in [-0.2, 0) is 0 Å². The third-order valence-corrected chi connectivity index (χ3v) is 5.09. The lowest BCUT2D eigenvalue weighted by Crippen LogP contribution is -2.29. The van der Waals surface area contributed by atoms with Crippen LogP contribution < -0.4 is 4.74 Å². The molecule has 0 spiro atoms. The van der Waals surface area contributed by atoms with Gasteiger partial charge in [0.05, 0.1) is 13.2 Å². The fourth-order valence-electron chi connectivity index (χ4n) is 2.91. The molecule has 0 aliphatic rings. The molecule has 0 N–H and O–H groups in total. The first kappa shape index (κ1) is 19.2. The predicted octanol–water partition coefficient (Wildman–Crippen LogP) is 5.12. The van der Waals surface area contributed by atoms with Crippen molar-refractivity contribution in [2.45, 2.75) is 13.0 Å². The van der Waals surface area contributed by atoms with Crippen molar-refractivity contribution in [3.63, 3.8) is 0 Å². The molecule has 1 aromatic heterocycles. The topological polar surface area (TPSA) is 42.4 Å². The van der Waals surface area contributed by atoms with E-state index in [4.69, 9.17) is 4.74 Å². The van der Waals surface area contributed by atoms with Crippen LogP contribution >= 0.6 is 15.9 Å². The van der Waals surface area contributed by atoms with Crippen molar-refractivity contribution in [3.8, 4) is 5.88 Å². The van der Waals surface area contributed by atoms with Gasteiger partial charge in [0.15, 0.2) is 11.6 Å². The lowest BCUT2D eigenvalue weighted by Gasteiger charge is -2.26. The summed E-state index contributed by atoms with van der Waals surface area (Å²) in [4.78, 5) is 18.5. The highest BCUT2D eigenvalue weighted by Crippen LogP contribution is 2.33. The smallest absolute Gasteiger partial charge is 0.254 e. The number of benzene rings is 2. The van der Waals surface area contributed by atoms with E-state index >= 15 is 0 Å². The Bertz CT molecular complexity index is 1010. The molecule has 0 aliphatic carbocycles. The second-order valence-corrected chi connectivity index (χ2v) is 7.05. The van der Waals surface area contributed by atoms with Gasteiger partial charge in [0, 0.05) is 34.2 Å². The van der Waals surface area contributed by atoms with E-state index in [1.165, 1.54) is 18.2 Å². The number of rotatable bonds is 4. The lowest BCUT2D eigenvalue weighted by molar-refractivity contribution is 0.0743. The maximum absolute atomic E-state index is 13.9. The van der Waals surface area contributed by atoms with Crippen molar-refractivity contribution in [3.05, 3.63) is 69.8 Å². The molecule has 0 bridgehead atoms. The van der Waals surface area contributed by atoms with Crippen molar-refractivity contribution in [1.29, 1.82) is 0 Å². The summed E-state index contributed by atoms with van der Waals surface area (Å²) in [6, 6.07) is 8.75. The van der Waals surface area contributed by atoms with Crippen LogP contribution in [0.4, 0.5) is 8.78 Å². The number of methoxy groups -OCH3 is 1. The van der Waals surface area contributed by atoms with Crippen molar-refractivity contribution in [1.82, 2.24) is 9.88 Å². The van der Waals surface area contributed by atoms with Crippen LogP contribution in [0.1, 0.15) is 28.9 Å². The average Bonchev–Trinajstić information content (AvgIpc) is 2.67. The van der Waals surface area contributed by atoms with E-state index in [-0.39, 0.29) is 11.8 Å².